The molecule has 0 radical (unpaired) electrons. The summed E-state index contributed by atoms with van der Waals surface area (Å²) in [4.78, 5) is 27.6. The van der Waals surface area contributed by atoms with Crippen LogP contribution in [0.4, 0.5) is 0 Å². The van der Waals surface area contributed by atoms with Crippen LogP contribution in [0.1, 0.15) is 41.3 Å². The smallest absolute Gasteiger partial charge is 0.252 e. The predicted molar refractivity (Wildman–Crippen MR) is 103 cm³/mol. The summed E-state index contributed by atoms with van der Waals surface area (Å²) >= 11 is 0. The van der Waals surface area contributed by atoms with Gasteiger partial charge < -0.3 is 10.0 Å². The summed E-state index contributed by atoms with van der Waals surface area (Å²) in [5.41, 5.74) is 2.50. The number of pyridine rings is 1. The maximum absolute atomic E-state index is 12.7. The molecule has 1 aliphatic rings. The third-order valence-electron chi connectivity index (χ3n) is 5.37. The molecule has 0 spiro atoms. The minimum Gasteiger partial charge on any atom is -0.383 e. The van der Waals surface area contributed by atoms with Crippen molar-refractivity contribution in [2.24, 2.45) is 0 Å². The lowest BCUT2D eigenvalue weighted by Crippen LogP contribution is -2.46. The average molecular weight is 380 g/mol. The van der Waals surface area contributed by atoms with Crippen LogP contribution in [-0.2, 0) is 16.8 Å². The number of aryl methyl sites for hydroxylation is 3. The second-order valence-electron chi connectivity index (χ2n) is 7.54. The highest BCUT2D eigenvalue weighted by atomic mass is 16.3. The Morgan fingerprint density at radius 2 is 1.96 bits per heavy atom. The number of hydrogen-bond donors (Lipinski definition) is 1. The number of rotatable bonds is 3. The Morgan fingerprint density at radius 3 is 2.68 bits per heavy atom. The van der Waals surface area contributed by atoms with E-state index in [-0.39, 0.29) is 12.3 Å². The fourth-order valence-corrected chi connectivity index (χ4v) is 3.87. The fourth-order valence-electron chi connectivity index (χ4n) is 3.87. The standard InChI is InChI=1S/C20H24N6O2/c1-13-5-4-8-21-18(13)20(28)6-9-25(10-7-20)17(27)12-16-23-19-22-14(2)11-15(3)26(19)24-16/h4-5,8,11,28H,6-7,9-10,12H2,1-3H3. The Kier molecular flexibility index (Phi) is 4.58. The third-order valence-corrected chi connectivity index (χ3v) is 5.37. The highest BCUT2D eigenvalue weighted by Crippen LogP contribution is 2.33. The van der Waals surface area contributed by atoms with E-state index in [1.807, 2.05) is 39.0 Å². The summed E-state index contributed by atoms with van der Waals surface area (Å²) in [6, 6.07) is 5.74. The first-order valence-electron chi connectivity index (χ1n) is 9.48. The highest BCUT2D eigenvalue weighted by molar-refractivity contribution is 5.78. The minimum atomic E-state index is -0.984. The molecule has 1 fully saturated rings. The molecule has 146 valence electrons. The van der Waals surface area contributed by atoms with E-state index in [1.165, 1.54) is 0 Å². The van der Waals surface area contributed by atoms with Gasteiger partial charge in [0.2, 0.25) is 5.91 Å². The second kappa shape index (κ2) is 6.94. The molecule has 3 aromatic heterocycles. The average Bonchev–Trinajstić information content (AvgIpc) is 3.05. The van der Waals surface area contributed by atoms with Crippen LogP contribution in [0.3, 0.4) is 0 Å². The molecule has 0 aromatic carbocycles. The van der Waals surface area contributed by atoms with Crippen LogP contribution < -0.4 is 0 Å². The minimum absolute atomic E-state index is 0.0370. The molecule has 3 aromatic rings. The van der Waals surface area contributed by atoms with Crippen molar-refractivity contribution in [3.8, 4) is 0 Å². The summed E-state index contributed by atoms with van der Waals surface area (Å²) in [5, 5.41) is 15.4. The van der Waals surface area contributed by atoms with Gasteiger partial charge in [-0.05, 0) is 51.3 Å². The van der Waals surface area contributed by atoms with Gasteiger partial charge in [0.25, 0.3) is 5.78 Å². The monoisotopic (exact) mass is 380 g/mol. The first-order chi connectivity index (χ1) is 13.4. The molecule has 0 bridgehead atoms. The second-order valence-corrected chi connectivity index (χ2v) is 7.54. The van der Waals surface area contributed by atoms with E-state index < -0.39 is 5.60 Å². The van der Waals surface area contributed by atoms with Crippen LogP contribution in [0, 0.1) is 20.8 Å². The summed E-state index contributed by atoms with van der Waals surface area (Å²) in [6.45, 7) is 6.76. The molecule has 0 saturated carbocycles. The summed E-state index contributed by atoms with van der Waals surface area (Å²) in [5.74, 6) is 0.941. The lowest BCUT2D eigenvalue weighted by molar-refractivity contribution is -0.135. The molecule has 0 atom stereocenters. The molecule has 1 aliphatic heterocycles. The van der Waals surface area contributed by atoms with E-state index in [2.05, 4.69) is 20.1 Å². The number of hydrogen-bond acceptors (Lipinski definition) is 6. The molecule has 0 unspecified atom stereocenters. The quantitative estimate of drug-likeness (QED) is 0.740. The molecule has 1 N–H and O–H groups in total. The Hall–Kier alpha value is -2.87. The van der Waals surface area contributed by atoms with E-state index in [9.17, 15) is 9.90 Å². The van der Waals surface area contributed by atoms with E-state index in [4.69, 9.17) is 0 Å². The van der Waals surface area contributed by atoms with Crippen molar-refractivity contribution in [3.63, 3.8) is 0 Å². The number of piperidine rings is 1. The van der Waals surface area contributed by atoms with Crippen molar-refractivity contribution in [1.82, 2.24) is 29.5 Å². The Labute approximate surface area is 163 Å². The van der Waals surface area contributed by atoms with Gasteiger partial charge in [0, 0.05) is 30.7 Å². The Balaban J connectivity index is 1.45. The summed E-state index contributed by atoms with van der Waals surface area (Å²) < 4.78 is 1.66. The van der Waals surface area contributed by atoms with E-state index in [1.54, 1.807) is 15.6 Å². The molecule has 4 rings (SSSR count). The molecule has 8 nitrogen and oxygen atoms in total. The zero-order valence-electron chi connectivity index (χ0n) is 16.4. The van der Waals surface area contributed by atoms with Crippen molar-refractivity contribution < 1.29 is 9.90 Å². The van der Waals surface area contributed by atoms with E-state index in [0.717, 1.165) is 17.0 Å². The lowest BCUT2D eigenvalue weighted by Gasteiger charge is -2.38. The van der Waals surface area contributed by atoms with Gasteiger partial charge in [-0.15, -0.1) is 5.10 Å². The van der Waals surface area contributed by atoms with Gasteiger partial charge in [-0.25, -0.2) is 9.50 Å². The molecule has 4 heterocycles. The SMILES string of the molecule is Cc1cc(C)n2nc(CC(=O)N3CCC(O)(c4ncccc4C)CC3)nc2n1. The van der Waals surface area contributed by atoms with E-state index >= 15 is 0 Å². The van der Waals surface area contributed by atoms with Crippen LogP contribution in [0.5, 0.6) is 0 Å². The fraction of sp³-hybridized carbons (Fsp3) is 0.450. The zero-order chi connectivity index (χ0) is 19.9. The first-order valence-corrected chi connectivity index (χ1v) is 9.48. The van der Waals surface area contributed by atoms with Gasteiger partial charge in [0.05, 0.1) is 12.1 Å². The van der Waals surface area contributed by atoms with E-state index in [0.29, 0.717) is 43.2 Å². The van der Waals surface area contributed by atoms with Gasteiger partial charge in [-0.3, -0.25) is 9.78 Å². The van der Waals surface area contributed by atoms with Gasteiger partial charge in [-0.2, -0.15) is 4.98 Å². The maximum atomic E-state index is 12.7. The number of aromatic nitrogens is 5. The molecule has 0 aliphatic carbocycles. The molecular formula is C20H24N6O2. The van der Waals surface area contributed by atoms with Gasteiger partial charge in [0.15, 0.2) is 5.82 Å². The summed E-state index contributed by atoms with van der Waals surface area (Å²) in [6.07, 6.45) is 2.76. The number of nitrogens with zero attached hydrogens (tertiary/aromatic N) is 6. The van der Waals surface area contributed by atoms with Crippen LogP contribution >= 0.6 is 0 Å². The van der Waals surface area contributed by atoms with Crippen molar-refractivity contribution in [1.29, 1.82) is 0 Å². The normalized spacial score (nSPS) is 16.5. The molecule has 1 saturated heterocycles. The summed E-state index contributed by atoms with van der Waals surface area (Å²) in [7, 11) is 0. The number of carbonyl (C=O) groups is 1. The topological polar surface area (TPSA) is 96.5 Å². The van der Waals surface area contributed by atoms with Crippen molar-refractivity contribution >= 4 is 11.7 Å². The molecular weight excluding hydrogens is 356 g/mol. The van der Waals surface area contributed by atoms with Gasteiger partial charge >= 0.3 is 0 Å². The van der Waals surface area contributed by atoms with Crippen LogP contribution in [0.2, 0.25) is 0 Å². The van der Waals surface area contributed by atoms with Crippen LogP contribution in [0.25, 0.3) is 5.78 Å². The molecule has 8 heteroatoms. The van der Waals surface area contributed by atoms with Crippen molar-refractivity contribution in [3.05, 3.63) is 52.9 Å². The van der Waals surface area contributed by atoms with Gasteiger partial charge in [-0.1, -0.05) is 6.07 Å². The Morgan fingerprint density at radius 1 is 1.21 bits per heavy atom. The van der Waals surface area contributed by atoms with Crippen molar-refractivity contribution in [2.45, 2.75) is 45.6 Å². The largest absolute Gasteiger partial charge is 0.383 e. The Bertz CT molecular complexity index is 1040. The molecule has 28 heavy (non-hydrogen) atoms. The third kappa shape index (κ3) is 3.35. The number of carbonyl (C=O) groups excluding carboxylic acids is 1. The van der Waals surface area contributed by atoms with Gasteiger partial charge in [0.1, 0.15) is 5.60 Å². The van der Waals surface area contributed by atoms with Crippen LogP contribution in [-0.4, -0.2) is 53.6 Å². The number of aliphatic hydroxyl groups is 1. The highest BCUT2D eigenvalue weighted by Gasteiger charge is 2.37. The predicted octanol–water partition coefficient (Wildman–Crippen LogP) is 1.50. The molecule has 1 amide bonds. The maximum Gasteiger partial charge on any atom is 0.252 e. The number of likely N-dealkylation sites (tertiary alicyclic amines) is 1. The lowest BCUT2D eigenvalue weighted by atomic mass is 9.85. The first kappa shape index (κ1) is 18.5. The van der Waals surface area contributed by atoms with Crippen molar-refractivity contribution in [2.75, 3.05) is 13.1 Å². The number of amides is 1. The van der Waals surface area contributed by atoms with Crippen LogP contribution in [0.15, 0.2) is 24.4 Å². The zero-order valence-corrected chi connectivity index (χ0v) is 16.4. The number of fused-ring (bicyclic) bond motifs is 1.